The third kappa shape index (κ3) is 4.04. The van der Waals surface area contributed by atoms with Crippen LogP contribution in [-0.2, 0) is 0 Å². The average molecular weight is 612 g/mol. The highest BCUT2D eigenvalue weighted by atomic mass is 15.1. The molecule has 0 aliphatic carbocycles. The first-order valence-corrected chi connectivity index (χ1v) is 16.4. The number of nitrogens with zero attached hydrogens (tertiary/aromatic N) is 3. The summed E-state index contributed by atoms with van der Waals surface area (Å²) in [7, 11) is 0. The van der Waals surface area contributed by atoms with Crippen LogP contribution in [0.4, 0.5) is 0 Å². The van der Waals surface area contributed by atoms with Crippen molar-refractivity contribution in [3.63, 3.8) is 0 Å². The fourth-order valence-electron chi connectivity index (χ4n) is 7.52. The van der Waals surface area contributed by atoms with E-state index in [2.05, 4.69) is 185 Å². The molecule has 0 aliphatic heterocycles. The molecule has 0 saturated carbocycles. The molecule has 3 aromatic heterocycles. The molecule has 3 heteroatoms. The Balaban J connectivity index is 1.34. The molecule has 0 spiro atoms. The van der Waals surface area contributed by atoms with Crippen molar-refractivity contribution in [1.29, 1.82) is 0 Å². The largest absolute Gasteiger partial charge is 0.309 e. The molecular formula is C45H29N3. The summed E-state index contributed by atoms with van der Waals surface area (Å²) in [5.74, 6) is 0.900. The van der Waals surface area contributed by atoms with Crippen LogP contribution in [0, 0.1) is 0 Å². The number of hydrogen-bond acceptors (Lipinski definition) is 1. The van der Waals surface area contributed by atoms with Gasteiger partial charge in [-0.1, -0.05) is 127 Å². The lowest BCUT2D eigenvalue weighted by molar-refractivity contribution is 1.08. The molecule has 48 heavy (non-hydrogen) atoms. The Hall–Kier alpha value is -6.45. The lowest BCUT2D eigenvalue weighted by Gasteiger charge is -2.14. The van der Waals surface area contributed by atoms with E-state index in [4.69, 9.17) is 4.98 Å². The van der Waals surface area contributed by atoms with Crippen LogP contribution >= 0.6 is 0 Å². The van der Waals surface area contributed by atoms with E-state index >= 15 is 0 Å². The molecular weight excluding hydrogens is 583 g/mol. The van der Waals surface area contributed by atoms with Crippen molar-refractivity contribution in [2.45, 2.75) is 0 Å². The van der Waals surface area contributed by atoms with E-state index in [1.807, 2.05) is 0 Å². The quantitative estimate of drug-likeness (QED) is 0.194. The maximum absolute atomic E-state index is 5.37. The van der Waals surface area contributed by atoms with Gasteiger partial charge in [-0.25, -0.2) is 4.98 Å². The van der Waals surface area contributed by atoms with Crippen molar-refractivity contribution in [2.24, 2.45) is 0 Å². The molecule has 3 nitrogen and oxygen atoms in total. The normalized spacial score (nSPS) is 11.8. The third-order valence-electron chi connectivity index (χ3n) is 9.67. The SMILES string of the molecule is c1ccc(-c2cc(-c3ccccc3)nc(-n3c4ccccc4c4cc5ccc6c7ccccc7n(-c7ccccc7)c6c5cc43)c2)cc1. The van der Waals surface area contributed by atoms with Gasteiger partial charge in [-0.3, -0.25) is 4.57 Å². The van der Waals surface area contributed by atoms with Gasteiger partial charge in [0.15, 0.2) is 0 Å². The molecule has 10 aromatic rings. The molecule has 0 aliphatic rings. The minimum Gasteiger partial charge on any atom is -0.309 e. The summed E-state index contributed by atoms with van der Waals surface area (Å²) in [5.41, 5.74) is 10.2. The molecule has 224 valence electrons. The lowest BCUT2D eigenvalue weighted by Crippen LogP contribution is -2.00. The second-order valence-electron chi connectivity index (χ2n) is 12.4. The predicted molar refractivity (Wildman–Crippen MR) is 201 cm³/mol. The zero-order valence-corrected chi connectivity index (χ0v) is 26.1. The second-order valence-corrected chi connectivity index (χ2v) is 12.4. The van der Waals surface area contributed by atoms with Crippen molar-refractivity contribution in [1.82, 2.24) is 14.1 Å². The fraction of sp³-hybridized carbons (Fsp3) is 0. The van der Waals surface area contributed by atoms with E-state index in [1.54, 1.807) is 0 Å². The number of aromatic nitrogens is 3. The summed E-state index contributed by atoms with van der Waals surface area (Å²) >= 11 is 0. The van der Waals surface area contributed by atoms with E-state index < -0.39 is 0 Å². The molecule has 0 unspecified atom stereocenters. The van der Waals surface area contributed by atoms with Gasteiger partial charge in [0.05, 0.1) is 27.8 Å². The number of hydrogen-bond donors (Lipinski definition) is 0. The van der Waals surface area contributed by atoms with Gasteiger partial charge >= 0.3 is 0 Å². The van der Waals surface area contributed by atoms with Gasteiger partial charge < -0.3 is 4.57 Å². The van der Waals surface area contributed by atoms with E-state index in [0.717, 1.165) is 39.4 Å². The average Bonchev–Trinajstić information content (AvgIpc) is 3.67. The van der Waals surface area contributed by atoms with Crippen LogP contribution in [-0.4, -0.2) is 14.1 Å². The van der Waals surface area contributed by atoms with E-state index in [9.17, 15) is 0 Å². The molecule has 0 bridgehead atoms. The van der Waals surface area contributed by atoms with Gasteiger partial charge in [-0.2, -0.15) is 0 Å². The van der Waals surface area contributed by atoms with E-state index in [-0.39, 0.29) is 0 Å². The zero-order chi connectivity index (χ0) is 31.6. The molecule has 3 heterocycles. The highest BCUT2D eigenvalue weighted by Crippen LogP contribution is 2.41. The first-order valence-electron chi connectivity index (χ1n) is 16.4. The van der Waals surface area contributed by atoms with Gasteiger partial charge in [-0.05, 0) is 65.0 Å². The third-order valence-corrected chi connectivity index (χ3v) is 9.67. The summed E-state index contributed by atoms with van der Waals surface area (Å²) in [6, 6.07) is 63.1. The first kappa shape index (κ1) is 26.7. The molecule has 0 radical (unpaired) electrons. The topological polar surface area (TPSA) is 22.8 Å². The Bertz CT molecular complexity index is 2750. The van der Waals surface area contributed by atoms with Gasteiger partial charge in [0.1, 0.15) is 5.82 Å². The van der Waals surface area contributed by atoms with Crippen LogP contribution < -0.4 is 0 Å². The smallest absolute Gasteiger partial charge is 0.138 e. The summed E-state index contributed by atoms with van der Waals surface area (Å²) in [4.78, 5) is 5.37. The zero-order valence-electron chi connectivity index (χ0n) is 26.1. The summed E-state index contributed by atoms with van der Waals surface area (Å²) in [6.07, 6.45) is 0. The second kappa shape index (κ2) is 10.5. The van der Waals surface area contributed by atoms with Crippen molar-refractivity contribution in [2.75, 3.05) is 0 Å². The van der Waals surface area contributed by atoms with Crippen LogP contribution in [0.5, 0.6) is 0 Å². The Labute approximate surface area is 277 Å². The molecule has 10 rings (SSSR count). The molecule has 0 amide bonds. The van der Waals surface area contributed by atoms with E-state index in [0.29, 0.717) is 0 Å². The van der Waals surface area contributed by atoms with Crippen LogP contribution in [0.25, 0.3) is 88.3 Å². The van der Waals surface area contributed by atoms with Gasteiger partial charge in [0, 0.05) is 38.2 Å². The van der Waals surface area contributed by atoms with Crippen LogP contribution in [0.1, 0.15) is 0 Å². The van der Waals surface area contributed by atoms with Gasteiger partial charge in [-0.15, -0.1) is 0 Å². The minimum atomic E-state index is 0.900. The number of para-hydroxylation sites is 3. The Morgan fingerprint density at radius 1 is 0.354 bits per heavy atom. The molecule has 0 N–H and O–H groups in total. The standard InChI is InChI=1S/C45H29N3/c1-4-14-30(15-5-1)33-27-40(31-16-6-2-7-17-31)46-44(28-33)48-42-23-13-11-21-36(42)39-26-32-24-25-37-35-20-10-12-22-41(35)47(34-18-8-3-9-19-34)45(37)38(32)29-43(39)48/h1-29H. The molecule has 0 fully saturated rings. The van der Waals surface area contributed by atoms with Crippen molar-refractivity contribution < 1.29 is 0 Å². The maximum atomic E-state index is 5.37. The lowest BCUT2D eigenvalue weighted by atomic mass is 10.0. The molecule has 7 aromatic carbocycles. The van der Waals surface area contributed by atoms with Crippen LogP contribution in [0.2, 0.25) is 0 Å². The molecule has 0 saturated heterocycles. The number of rotatable bonds is 4. The van der Waals surface area contributed by atoms with E-state index in [1.165, 1.54) is 48.9 Å². The minimum absolute atomic E-state index is 0.900. The highest BCUT2D eigenvalue weighted by molar-refractivity contribution is 6.22. The first-order chi connectivity index (χ1) is 23.8. The van der Waals surface area contributed by atoms with Crippen LogP contribution in [0.15, 0.2) is 176 Å². The van der Waals surface area contributed by atoms with Crippen molar-refractivity contribution in [3.05, 3.63) is 176 Å². The van der Waals surface area contributed by atoms with Crippen molar-refractivity contribution >= 4 is 54.4 Å². The molecule has 0 atom stereocenters. The number of fused-ring (bicyclic) bond motifs is 8. The Morgan fingerprint density at radius 2 is 0.958 bits per heavy atom. The maximum Gasteiger partial charge on any atom is 0.138 e. The summed E-state index contributed by atoms with van der Waals surface area (Å²) in [6.45, 7) is 0. The number of pyridine rings is 1. The Morgan fingerprint density at radius 3 is 1.69 bits per heavy atom. The highest BCUT2D eigenvalue weighted by Gasteiger charge is 2.19. The van der Waals surface area contributed by atoms with Crippen LogP contribution in [0.3, 0.4) is 0 Å². The van der Waals surface area contributed by atoms with Crippen molar-refractivity contribution in [3.8, 4) is 33.9 Å². The predicted octanol–water partition coefficient (Wildman–Crippen LogP) is 11.8. The summed E-state index contributed by atoms with van der Waals surface area (Å²) in [5, 5.41) is 7.36. The Kier molecular flexibility index (Phi) is 5.87. The van der Waals surface area contributed by atoms with Gasteiger partial charge in [0.25, 0.3) is 0 Å². The number of benzene rings is 7. The fourth-order valence-corrected chi connectivity index (χ4v) is 7.52. The van der Waals surface area contributed by atoms with Gasteiger partial charge in [0.2, 0.25) is 0 Å². The monoisotopic (exact) mass is 611 g/mol. The summed E-state index contributed by atoms with van der Waals surface area (Å²) < 4.78 is 4.78.